The first-order chi connectivity index (χ1) is 5.50. The Morgan fingerprint density at radius 1 is 1.67 bits per heavy atom. The number of β-amino-alcohol motifs (C(OH)–C–C–N with tert-alkyl or cyclic N) is 1. The van der Waals surface area contributed by atoms with Crippen LogP contribution in [0.1, 0.15) is 27.2 Å². The summed E-state index contributed by atoms with van der Waals surface area (Å²) in [6, 6.07) is 0. The third-order valence-electron chi connectivity index (χ3n) is 3.01. The molecule has 0 aliphatic carbocycles. The summed E-state index contributed by atoms with van der Waals surface area (Å²) in [5.41, 5.74) is -0.348. The molecule has 1 unspecified atom stereocenters. The van der Waals surface area contributed by atoms with E-state index in [1.807, 2.05) is 18.7 Å². The summed E-state index contributed by atoms with van der Waals surface area (Å²) in [6.45, 7) is 6.86. The molecule has 0 aromatic heterocycles. The van der Waals surface area contributed by atoms with Crippen LogP contribution in [0, 0.1) is 0 Å². The van der Waals surface area contributed by atoms with Crippen LogP contribution >= 0.6 is 0 Å². The maximum Gasteiger partial charge on any atom is 0.149 e. The molecule has 1 aliphatic rings. The predicted molar refractivity (Wildman–Crippen MR) is 47.0 cm³/mol. The number of hydrogen-bond donors (Lipinski definition) is 1. The summed E-state index contributed by atoms with van der Waals surface area (Å²) < 4.78 is 0. The van der Waals surface area contributed by atoms with E-state index in [2.05, 4.69) is 0 Å². The van der Waals surface area contributed by atoms with E-state index in [1.165, 1.54) is 0 Å². The van der Waals surface area contributed by atoms with Crippen LogP contribution in [0.2, 0.25) is 0 Å². The van der Waals surface area contributed by atoms with Crippen molar-refractivity contribution in [2.45, 2.75) is 38.8 Å². The molecule has 12 heavy (non-hydrogen) atoms. The van der Waals surface area contributed by atoms with Crippen LogP contribution in [0.4, 0.5) is 0 Å². The Balaban J connectivity index is 2.62. The molecule has 1 saturated heterocycles. The minimum Gasteiger partial charge on any atom is -0.390 e. The number of likely N-dealkylation sites (tertiary alicyclic amines) is 1. The van der Waals surface area contributed by atoms with E-state index in [0.717, 1.165) is 6.42 Å². The third-order valence-corrected chi connectivity index (χ3v) is 3.01. The topological polar surface area (TPSA) is 40.5 Å². The second kappa shape index (κ2) is 3.15. The maximum absolute atomic E-state index is 11.3. The molecule has 0 saturated carbocycles. The van der Waals surface area contributed by atoms with E-state index in [-0.39, 0.29) is 17.4 Å². The Morgan fingerprint density at radius 2 is 2.17 bits per heavy atom. The molecule has 0 bridgehead atoms. The molecule has 0 aromatic rings. The van der Waals surface area contributed by atoms with Gasteiger partial charge in [0.15, 0.2) is 0 Å². The van der Waals surface area contributed by atoms with Crippen LogP contribution in [0.25, 0.3) is 0 Å². The van der Waals surface area contributed by atoms with Crippen LogP contribution in [0.15, 0.2) is 0 Å². The highest BCUT2D eigenvalue weighted by molar-refractivity contribution is 5.85. The van der Waals surface area contributed by atoms with Gasteiger partial charge in [0.25, 0.3) is 0 Å². The second-order valence-corrected chi connectivity index (χ2v) is 3.74. The lowest BCUT2D eigenvalue weighted by atomic mass is 9.88. The maximum atomic E-state index is 11.3. The standard InChI is InChI=1S/C9H17NO2/c1-4-9(3,7(2)11)10-5-8(12)6-10/h8,12H,4-6H2,1-3H3. The summed E-state index contributed by atoms with van der Waals surface area (Å²) in [4.78, 5) is 13.4. The van der Waals surface area contributed by atoms with Crippen LogP contribution < -0.4 is 0 Å². The first kappa shape index (κ1) is 9.68. The van der Waals surface area contributed by atoms with Crippen molar-refractivity contribution in [2.24, 2.45) is 0 Å². The lowest BCUT2D eigenvalue weighted by Gasteiger charge is -2.47. The van der Waals surface area contributed by atoms with E-state index in [0.29, 0.717) is 13.1 Å². The van der Waals surface area contributed by atoms with Gasteiger partial charge in [-0.3, -0.25) is 9.69 Å². The summed E-state index contributed by atoms with van der Waals surface area (Å²) in [6.07, 6.45) is 0.588. The molecule has 0 aromatic carbocycles. The lowest BCUT2D eigenvalue weighted by Crippen LogP contribution is -2.63. The van der Waals surface area contributed by atoms with Gasteiger partial charge in [-0.25, -0.2) is 0 Å². The quantitative estimate of drug-likeness (QED) is 0.669. The summed E-state index contributed by atoms with van der Waals surface area (Å²) >= 11 is 0. The Labute approximate surface area is 73.4 Å². The minimum atomic E-state index is -0.348. The van der Waals surface area contributed by atoms with Crippen molar-refractivity contribution < 1.29 is 9.90 Å². The van der Waals surface area contributed by atoms with Crippen molar-refractivity contribution in [1.29, 1.82) is 0 Å². The zero-order valence-corrected chi connectivity index (χ0v) is 8.00. The normalized spacial score (nSPS) is 24.7. The fourth-order valence-corrected chi connectivity index (χ4v) is 1.55. The lowest BCUT2D eigenvalue weighted by molar-refractivity contribution is -0.137. The van der Waals surface area contributed by atoms with Gasteiger partial charge in [0, 0.05) is 13.1 Å². The molecule has 0 spiro atoms. The van der Waals surface area contributed by atoms with E-state index >= 15 is 0 Å². The van der Waals surface area contributed by atoms with E-state index < -0.39 is 0 Å². The molecular weight excluding hydrogens is 154 g/mol. The highest BCUT2D eigenvalue weighted by atomic mass is 16.3. The average Bonchev–Trinajstić information content (AvgIpc) is 1.97. The zero-order valence-electron chi connectivity index (χ0n) is 8.00. The molecule has 1 rings (SSSR count). The predicted octanol–water partition coefficient (Wildman–Crippen LogP) is 0.421. The van der Waals surface area contributed by atoms with Gasteiger partial charge < -0.3 is 5.11 Å². The molecule has 3 heteroatoms. The van der Waals surface area contributed by atoms with Crippen molar-refractivity contribution in [3.8, 4) is 0 Å². The van der Waals surface area contributed by atoms with Gasteiger partial charge in [-0.05, 0) is 20.3 Å². The number of rotatable bonds is 3. The fourth-order valence-electron chi connectivity index (χ4n) is 1.55. The monoisotopic (exact) mass is 171 g/mol. The zero-order chi connectivity index (χ0) is 9.35. The smallest absolute Gasteiger partial charge is 0.149 e. The van der Waals surface area contributed by atoms with Gasteiger partial charge in [-0.15, -0.1) is 0 Å². The molecule has 1 N–H and O–H groups in total. The molecule has 1 aliphatic heterocycles. The average molecular weight is 171 g/mol. The Hall–Kier alpha value is -0.410. The number of aliphatic hydroxyl groups excluding tert-OH is 1. The highest BCUT2D eigenvalue weighted by Crippen LogP contribution is 2.25. The number of aliphatic hydroxyl groups is 1. The highest BCUT2D eigenvalue weighted by Gasteiger charge is 2.41. The van der Waals surface area contributed by atoms with Crippen molar-refractivity contribution in [2.75, 3.05) is 13.1 Å². The van der Waals surface area contributed by atoms with Crippen LogP contribution in [-0.2, 0) is 4.79 Å². The van der Waals surface area contributed by atoms with Crippen molar-refractivity contribution >= 4 is 5.78 Å². The number of nitrogens with zero attached hydrogens (tertiary/aromatic N) is 1. The SMILES string of the molecule is CCC(C)(C(C)=O)N1CC(O)C1. The number of carbonyl (C=O) groups excluding carboxylic acids is 1. The van der Waals surface area contributed by atoms with Gasteiger partial charge in [0.05, 0.1) is 11.6 Å². The van der Waals surface area contributed by atoms with E-state index in [1.54, 1.807) is 6.92 Å². The van der Waals surface area contributed by atoms with E-state index in [4.69, 9.17) is 5.11 Å². The first-order valence-electron chi connectivity index (χ1n) is 4.45. The number of Topliss-reactive ketones (excluding diaryl/α,β-unsaturated/α-hetero) is 1. The van der Waals surface area contributed by atoms with Gasteiger partial charge in [0.1, 0.15) is 5.78 Å². The van der Waals surface area contributed by atoms with Crippen LogP contribution in [0.5, 0.6) is 0 Å². The summed E-state index contributed by atoms with van der Waals surface area (Å²) in [5.74, 6) is 0.192. The number of ketones is 1. The molecule has 70 valence electrons. The Morgan fingerprint density at radius 3 is 2.42 bits per heavy atom. The minimum absolute atomic E-state index is 0.192. The first-order valence-corrected chi connectivity index (χ1v) is 4.45. The molecule has 0 radical (unpaired) electrons. The molecule has 0 amide bonds. The van der Waals surface area contributed by atoms with E-state index in [9.17, 15) is 4.79 Å². The van der Waals surface area contributed by atoms with Crippen molar-refractivity contribution in [3.05, 3.63) is 0 Å². The molecule has 1 atom stereocenters. The van der Waals surface area contributed by atoms with Gasteiger partial charge in [-0.2, -0.15) is 0 Å². The number of hydrogen-bond acceptors (Lipinski definition) is 3. The molecule has 1 fully saturated rings. The van der Waals surface area contributed by atoms with Crippen LogP contribution in [0.3, 0.4) is 0 Å². The van der Waals surface area contributed by atoms with Crippen LogP contribution in [-0.4, -0.2) is 40.5 Å². The van der Waals surface area contributed by atoms with Gasteiger partial charge in [-0.1, -0.05) is 6.92 Å². The summed E-state index contributed by atoms with van der Waals surface area (Å²) in [5, 5.41) is 9.11. The number of carbonyl (C=O) groups is 1. The molecule has 3 nitrogen and oxygen atoms in total. The second-order valence-electron chi connectivity index (χ2n) is 3.74. The van der Waals surface area contributed by atoms with Gasteiger partial charge in [0.2, 0.25) is 0 Å². The summed E-state index contributed by atoms with van der Waals surface area (Å²) in [7, 11) is 0. The Kier molecular flexibility index (Phi) is 2.54. The van der Waals surface area contributed by atoms with Crippen molar-refractivity contribution in [3.63, 3.8) is 0 Å². The fraction of sp³-hybridized carbons (Fsp3) is 0.889. The van der Waals surface area contributed by atoms with Crippen molar-refractivity contribution in [1.82, 2.24) is 4.90 Å². The molecule has 1 heterocycles. The largest absolute Gasteiger partial charge is 0.390 e. The third kappa shape index (κ3) is 1.39. The van der Waals surface area contributed by atoms with Gasteiger partial charge >= 0.3 is 0 Å². The Bertz CT molecular complexity index is 187. The molecular formula is C9H17NO2.